The van der Waals surface area contributed by atoms with E-state index < -0.39 is 18.1 Å². The lowest BCUT2D eigenvalue weighted by molar-refractivity contribution is -0.144. The number of nitrogens with zero attached hydrogens (tertiary/aromatic N) is 3. The van der Waals surface area contributed by atoms with Crippen molar-refractivity contribution in [2.75, 3.05) is 0 Å². The Bertz CT molecular complexity index is 833. The number of H-pyrrole nitrogens is 1. The number of alkyl halides is 3. The van der Waals surface area contributed by atoms with Crippen molar-refractivity contribution in [3.05, 3.63) is 46.7 Å². The number of ether oxygens (including phenoxy) is 1. The summed E-state index contributed by atoms with van der Waals surface area (Å²) in [5.41, 5.74) is 1.16. The molecule has 0 aliphatic carbocycles. The second-order valence-corrected chi connectivity index (χ2v) is 5.74. The number of hydrogen-bond acceptors (Lipinski definition) is 5. The molecule has 6 nitrogen and oxygen atoms in total. The summed E-state index contributed by atoms with van der Waals surface area (Å²) in [6.45, 7) is 1.56. The summed E-state index contributed by atoms with van der Waals surface area (Å²) in [6, 6.07) is 6.83. The topological polar surface area (TPSA) is 76.8 Å². The van der Waals surface area contributed by atoms with Crippen molar-refractivity contribution in [1.82, 2.24) is 20.3 Å². The molecule has 1 atom stereocenters. The Morgan fingerprint density at radius 2 is 2.08 bits per heavy atom. The molecule has 3 aromatic rings. The molecule has 0 radical (unpaired) electrons. The molecule has 2 heterocycles. The first-order chi connectivity index (χ1) is 11.3. The van der Waals surface area contributed by atoms with E-state index in [0.29, 0.717) is 17.0 Å². The van der Waals surface area contributed by atoms with Crippen LogP contribution < -0.4 is 4.74 Å². The van der Waals surface area contributed by atoms with E-state index in [2.05, 4.69) is 36.3 Å². The van der Waals surface area contributed by atoms with Gasteiger partial charge in [0.05, 0.1) is 0 Å². The fraction of sp³-hybridized carbons (Fsp3) is 0.214. The summed E-state index contributed by atoms with van der Waals surface area (Å²) in [4.78, 5) is 3.43. The van der Waals surface area contributed by atoms with Crippen molar-refractivity contribution in [2.45, 2.75) is 19.2 Å². The van der Waals surface area contributed by atoms with Gasteiger partial charge >= 0.3 is 6.18 Å². The summed E-state index contributed by atoms with van der Waals surface area (Å²) in [5, 5.41) is 9.25. The Hall–Kier alpha value is -2.36. The van der Waals surface area contributed by atoms with E-state index in [-0.39, 0.29) is 5.82 Å². The first kappa shape index (κ1) is 16.5. The van der Waals surface area contributed by atoms with Gasteiger partial charge in [-0.2, -0.15) is 13.2 Å². The van der Waals surface area contributed by atoms with Gasteiger partial charge in [0, 0.05) is 16.1 Å². The maximum atomic E-state index is 12.6. The maximum absolute atomic E-state index is 12.6. The largest absolute Gasteiger partial charge is 0.482 e. The van der Waals surface area contributed by atoms with Crippen molar-refractivity contribution in [1.29, 1.82) is 0 Å². The number of benzene rings is 1. The third kappa shape index (κ3) is 3.42. The Morgan fingerprint density at radius 3 is 2.71 bits per heavy atom. The number of rotatable bonds is 4. The van der Waals surface area contributed by atoms with E-state index in [4.69, 9.17) is 9.26 Å². The van der Waals surface area contributed by atoms with Crippen molar-refractivity contribution < 1.29 is 22.4 Å². The lowest BCUT2D eigenvalue weighted by atomic mass is 10.1. The third-order valence-electron chi connectivity index (χ3n) is 3.10. The molecule has 0 saturated carbocycles. The van der Waals surface area contributed by atoms with E-state index in [1.165, 1.54) is 6.26 Å². The fourth-order valence-corrected chi connectivity index (χ4v) is 2.35. The van der Waals surface area contributed by atoms with Crippen LogP contribution in [0, 0.1) is 0 Å². The molecule has 0 fully saturated rings. The molecule has 0 aliphatic rings. The van der Waals surface area contributed by atoms with Gasteiger partial charge in [-0.05, 0) is 25.1 Å². The molecular weight excluding hydrogens is 393 g/mol. The minimum Gasteiger partial charge on any atom is -0.482 e. The SMILES string of the molecule is C[C@H](Oc1ccc(Br)cc1-c1ccon1)c1nc(C(F)(F)F)n[nH]1. The molecule has 0 aliphatic heterocycles. The van der Waals surface area contributed by atoms with Gasteiger partial charge < -0.3 is 9.26 Å². The molecular formula is C14H10BrF3N4O2. The highest BCUT2D eigenvalue weighted by molar-refractivity contribution is 9.10. The first-order valence-electron chi connectivity index (χ1n) is 6.71. The zero-order valence-corrected chi connectivity index (χ0v) is 13.7. The Labute approximate surface area is 142 Å². The van der Waals surface area contributed by atoms with Gasteiger partial charge in [-0.1, -0.05) is 21.1 Å². The van der Waals surface area contributed by atoms with E-state index in [9.17, 15) is 13.2 Å². The quantitative estimate of drug-likeness (QED) is 0.700. The van der Waals surface area contributed by atoms with Gasteiger partial charge in [0.25, 0.3) is 5.82 Å². The van der Waals surface area contributed by atoms with Crippen LogP contribution in [0.2, 0.25) is 0 Å². The number of halogens is 4. The number of aromatic amines is 1. The van der Waals surface area contributed by atoms with Gasteiger partial charge in [0.2, 0.25) is 0 Å². The standard InChI is InChI=1S/C14H10BrF3N4O2/c1-7(12-19-13(21-20-12)14(16,17)18)24-11-3-2-8(15)6-9(11)10-4-5-23-22-10/h2-7H,1H3,(H,19,20,21)/t7-/m0/s1. The van der Waals surface area contributed by atoms with Crippen molar-refractivity contribution in [2.24, 2.45) is 0 Å². The van der Waals surface area contributed by atoms with Gasteiger partial charge in [0.15, 0.2) is 11.9 Å². The molecule has 1 N–H and O–H groups in total. The Kier molecular flexibility index (Phi) is 4.31. The molecule has 10 heteroatoms. The van der Waals surface area contributed by atoms with E-state index >= 15 is 0 Å². The van der Waals surface area contributed by atoms with Gasteiger partial charge in [-0.25, -0.2) is 4.98 Å². The highest BCUT2D eigenvalue weighted by Crippen LogP contribution is 2.34. The van der Waals surface area contributed by atoms with E-state index in [1.807, 2.05) is 0 Å². The summed E-state index contributed by atoms with van der Waals surface area (Å²) in [7, 11) is 0. The minimum atomic E-state index is -4.61. The van der Waals surface area contributed by atoms with Crippen molar-refractivity contribution in [3.63, 3.8) is 0 Å². The number of hydrogen-bond donors (Lipinski definition) is 1. The zero-order valence-electron chi connectivity index (χ0n) is 12.1. The molecule has 24 heavy (non-hydrogen) atoms. The molecule has 2 aromatic heterocycles. The predicted octanol–water partition coefficient (Wildman–Crippen LogP) is 4.38. The molecule has 1 aromatic carbocycles. The second kappa shape index (κ2) is 6.27. The average Bonchev–Trinajstić information content (AvgIpc) is 3.19. The highest BCUT2D eigenvalue weighted by atomic mass is 79.9. The number of aromatic nitrogens is 4. The van der Waals surface area contributed by atoms with Crippen LogP contribution in [0.25, 0.3) is 11.3 Å². The smallest absolute Gasteiger partial charge is 0.453 e. The van der Waals surface area contributed by atoms with Crippen LogP contribution in [0.3, 0.4) is 0 Å². The van der Waals surface area contributed by atoms with Crippen molar-refractivity contribution in [3.8, 4) is 17.0 Å². The van der Waals surface area contributed by atoms with Crippen LogP contribution in [0.4, 0.5) is 13.2 Å². The Balaban J connectivity index is 1.87. The fourth-order valence-electron chi connectivity index (χ4n) is 1.99. The average molecular weight is 403 g/mol. The van der Waals surface area contributed by atoms with Crippen LogP contribution in [0.5, 0.6) is 5.75 Å². The minimum absolute atomic E-state index is 0.0312. The molecule has 0 amide bonds. The van der Waals surface area contributed by atoms with Crippen LogP contribution >= 0.6 is 15.9 Å². The lowest BCUT2D eigenvalue weighted by Crippen LogP contribution is -2.09. The molecule has 126 valence electrons. The molecule has 0 saturated heterocycles. The number of nitrogens with one attached hydrogen (secondary N) is 1. The predicted molar refractivity (Wildman–Crippen MR) is 80.1 cm³/mol. The summed E-state index contributed by atoms with van der Waals surface area (Å²) < 4.78 is 49.1. The zero-order chi connectivity index (χ0) is 17.3. The van der Waals surface area contributed by atoms with Gasteiger partial charge in [-0.15, -0.1) is 5.10 Å². The normalized spacial score (nSPS) is 13.0. The van der Waals surface area contributed by atoms with Crippen LogP contribution in [-0.2, 0) is 6.18 Å². The molecule has 0 spiro atoms. The van der Waals surface area contributed by atoms with Crippen molar-refractivity contribution >= 4 is 15.9 Å². The molecule has 0 unspecified atom stereocenters. The summed E-state index contributed by atoms with van der Waals surface area (Å²) in [6.07, 6.45) is -3.98. The maximum Gasteiger partial charge on any atom is 0.453 e. The monoisotopic (exact) mass is 402 g/mol. The highest BCUT2D eigenvalue weighted by Gasteiger charge is 2.36. The lowest BCUT2D eigenvalue weighted by Gasteiger charge is -2.15. The van der Waals surface area contributed by atoms with Gasteiger partial charge in [-0.3, -0.25) is 5.10 Å². The van der Waals surface area contributed by atoms with Crippen LogP contribution in [0.15, 0.2) is 39.5 Å². The summed E-state index contributed by atoms with van der Waals surface area (Å²) in [5.74, 6) is -0.846. The van der Waals surface area contributed by atoms with Gasteiger partial charge in [0.1, 0.15) is 17.7 Å². The summed E-state index contributed by atoms with van der Waals surface area (Å²) >= 11 is 3.35. The first-order valence-corrected chi connectivity index (χ1v) is 7.50. The van der Waals surface area contributed by atoms with E-state index in [0.717, 1.165) is 4.47 Å². The van der Waals surface area contributed by atoms with Crippen LogP contribution in [-0.4, -0.2) is 20.3 Å². The van der Waals surface area contributed by atoms with E-state index in [1.54, 1.807) is 31.2 Å². The third-order valence-corrected chi connectivity index (χ3v) is 3.59. The van der Waals surface area contributed by atoms with Crippen LogP contribution in [0.1, 0.15) is 24.7 Å². The molecule has 0 bridgehead atoms. The second-order valence-electron chi connectivity index (χ2n) is 4.83. The Morgan fingerprint density at radius 1 is 1.29 bits per heavy atom. The molecule has 3 rings (SSSR count).